The van der Waals surface area contributed by atoms with Crippen molar-refractivity contribution in [3.8, 4) is 22.4 Å². The number of imidazole rings is 1. The maximum atomic E-state index is 14.6. The number of benzene rings is 1. The predicted molar refractivity (Wildman–Crippen MR) is 261 cm³/mol. The molecule has 1 aliphatic heterocycles. The van der Waals surface area contributed by atoms with Crippen LogP contribution in [0.4, 0.5) is 16.2 Å². The molecule has 63 heavy (non-hydrogen) atoms. The van der Waals surface area contributed by atoms with E-state index in [9.17, 15) is 9.59 Å². The molecule has 0 atom stereocenters. The molecular formula is C45H75N9O6Si3. The summed E-state index contributed by atoms with van der Waals surface area (Å²) in [6.07, 6.45) is 10.5. The molecule has 0 radical (unpaired) electrons. The summed E-state index contributed by atoms with van der Waals surface area (Å²) in [4.78, 5) is 36.4. The molecule has 1 aliphatic rings. The van der Waals surface area contributed by atoms with Crippen molar-refractivity contribution < 1.29 is 28.5 Å². The summed E-state index contributed by atoms with van der Waals surface area (Å²) < 4.78 is 29.1. The first-order chi connectivity index (χ1) is 29.4. The van der Waals surface area contributed by atoms with Crippen molar-refractivity contribution in [1.82, 2.24) is 34.0 Å². The van der Waals surface area contributed by atoms with E-state index >= 15 is 0 Å². The second-order valence-electron chi connectivity index (χ2n) is 21.5. The van der Waals surface area contributed by atoms with Crippen molar-refractivity contribution in [2.24, 2.45) is 0 Å². The first-order valence-corrected chi connectivity index (χ1v) is 33.6. The van der Waals surface area contributed by atoms with Crippen LogP contribution in [-0.4, -0.2) is 122 Å². The van der Waals surface area contributed by atoms with Crippen LogP contribution >= 0.6 is 0 Å². The molecule has 3 aromatic heterocycles. The molecule has 0 unspecified atom stereocenters. The van der Waals surface area contributed by atoms with Crippen LogP contribution in [0.5, 0.6) is 0 Å². The van der Waals surface area contributed by atoms with Gasteiger partial charge in [-0.2, -0.15) is 10.2 Å². The molecule has 1 N–H and O–H groups in total. The van der Waals surface area contributed by atoms with Crippen molar-refractivity contribution in [2.45, 2.75) is 143 Å². The van der Waals surface area contributed by atoms with Gasteiger partial charge in [0.1, 0.15) is 25.8 Å². The molecule has 0 aliphatic carbocycles. The fourth-order valence-corrected chi connectivity index (χ4v) is 9.12. The standard InChI is InChI=1S/C45H75N9O6Si3/c1-45(2,3)60-44(56)50(4)38-16-18-51(19-17-38)41-15-14-35(36-27-46-53(29-36)33-58-21-24-62(8,9)10)26-39(41)49-43(55)42-48-40(31-52(42)32-57-20-23-61(5,6)7)37-28-47-54(30-37)34-59-22-25-63(11,12)13/h14-15,26-31,38H,16-25,32-34H2,1-13H3,(H,49,55). The van der Waals surface area contributed by atoms with E-state index in [2.05, 4.69) is 91.5 Å². The zero-order chi connectivity index (χ0) is 46.2. The van der Waals surface area contributed by atoms with E-state index in [1.54, 1.807) is 25.0 Å². The van der Waals surface area contributed by atoms with E-state index in [4.69, 9.17) is 23.9 Å². The first kappa shape index (κ1) is 49.9. The smallest absolute Gasteiger partial charge is 0.410 e. The highest BCUT2D eigenvalue weighted by Crippen LogP contribution is 2.35. The van der Waals surface area contributed by atoms with E-state index in [0.29, 0.717) is 57.8 Å². The van der Waals surface area contributed by atoms with E-state index in [1.807, 2.05) is 58.7 Å². The Bertz CT molecular complexity index is 2100. The average molecular weight is 922 g/mol. The van der Waals surface area contributed by atoms with Crippen LogP contribution in [0.25, 0.3) is 22.4 Å². The van der Waals surface area contributed by atoms with Crippen molar-refractivity contribution in [3.63, 3.8) is 0 Å². The van der Waals surface area contributed by atoms with Gasteiger partial charge >= 0.3 is 6.09 Å². The monoisotopic (exact) mass is 922 g/mol. The summed E-state index contributed by atoms with van der Waals surface area (Å²) in [6, 6.07) is 9.32. The molecule has 2 amide bonds. The van der Waals surface area contributed by atoms with Gasteiger partial charge in [-0.1, -0.05) is 65.0 Å². The van der Waals surface area contributed by atoms with E-state index in [-0.39, 0.29) is 30.6 Å². The summed E-state index contributed by atoms with van der Waals surface area (Å²) in [7, 11) is -1.95. The van der Waals surface area contributed by atoms with Crippen LogP contribution in [-0.2, 0) is 39.1 Å². The van der Waals surface area contributed by atoms with Gasteiger partial charge in [0, 0.05) is 99.9 Å². The minimum atomic E-state index is -1.34. The van der Waals surface area contributed by atoms with Crippen molar-refractivity contribution >= 4 is 47.6 Å². The Morgan fingerprint density at radius 2 is 1.27 bits per heavy atom. The van der Waals surface area contributed by atoms with Crippen LogP contribution in [0.1, 0.15) is 44.2 Å². The highest BCUT2D eigenvalue weighted by molar-refractivity contribution is 6.76. The van der Waals surface area contributed by atoms with Crippen LogP contribution < -0.4 is 10.2 Å². The Balaban J connectivity index is 1.41. The largest absolute Gasteiger partial charge is 0.444 e. The summed E-state index contributed by atoms with van der Waals surface area (Å²) in [6.45, 7) is 30.9. The molecule has 1 fully saturated rings. The van der Waals surface area contributed by atoms with Gasteiger partial charge in [-0.15, -0.1) is 0 Å². The molecule has 15 nitrogen and oxygen atoms in total. The normalized spacial score (nSPS) is 14.3. The quantitative estimate of drug-likeness (QED) is 0.0634. The number of amides is 2. The molecule has 4 heterocycles. The minimum absolute atomic E-state index is 0.0279. The number of carbonyl (C=O) groups excluding carboxylic acids is 2. The first-order valence-electron chi connectivity index (χ1n) is 22.5. The summed E-state index contributed by atoms with van der Waals surface area (Å²) in [5.74, 6) is -0.129. The van der Waals surface area contributed by atoms with Gasteiger partial charge in [0.05, 0.1) is 29.5 Å². The van der Waals surface area contributed by atoms with Gasteiger partial charge in [-0.05, 0) is 69.4 Å². The predicted octanol–water partition coefficient (Wildman–Crippen LogP) is 9.64. The highest BCUT2D eigenvalue weighted by atomic mass is 28.3. The highest BCUT2D eigenvalue weighted by Gasteiger charge is 2.30. The fraction of sp³-hybridized carbons (Fsp3) is 0.622. The summed E-state index contributed by atoms with van der Waals surface area (Å²) in [5, 5.41) is 12.4. The lowest BCUT2D eigenvalue weighted by molar-refractivity contribution is 0.0200. The topological polar surface area (TPSA) is 143 Å². The average Bonchev–Trinajstić information content (AvgIpc) is 3.96. The summed E-state index contributed by atoms with van der Waals surface area (Å²) in [5.41, 5.74) is 4.17. The van der Waals surface area contributed by atoms with E-state index < -0.39 is 29.8 Å². The third kappa shape index (κ3) is 16.1. The molecule has 348 valence electrons. The number of ether oxygens (including phenoxy) is 4. The molecule has 0 bridgehead atoms. The Morgan fingerprint density at radius 1 is 0.746 bits per heavy atom. The second-order valence-corrected chi connectivity index (χ2v) is 38.4. The number of aromatic nitrogens is 6. The zero-order valence-corrected chi connectivity index (χ0v) is 43.4. The Kier molecular flexibility index (Phi) is 16.9. The van der Waals surface area contributed by atoms with Crippen molar-refractivity contribution in [2.75, 3.05) is 50.2 Å². The van der Waals surface area contributed by atoms with Crippen molar-refractivity contribution in [1.29, 1.82) is 0 Å². The third-order valence-corrected chi connectivity index (χ3v) is 15.9. The number of carbonyl (C=O) groups is 2. The summed E-state index contributed by atoms with van der Waals surface area (Å²) >= 11 is 0. The van der Waals surface area contributed by atoms with Crippen LogP contribution in [0, 0.1) is 0 Å². The molecule has 4 aromatic rings. The molecule has 1 aromatic carbocycles. The Hall–Kier alpha value is -4.08. The van der Waals surface area contributed by atoms with Gasteiger partial charge in [-0.3, -0.25) is 4.79 Å². The molecule has 18 heteroatoms. The number of anilines is 2. The molecular weight excluding hydrogens is 847 g/mol. The molecule has 5 rings (SSSR count). The lowest BCUT2D eigenvalue weighted by Gasteiger charge is -2.38. The second kappa shape index (κ2) is 21.3. The number of rotatable bonds is 21. The van der Waals surface area contributed by atoms with Gasteiger partial charge in [-0.25, -0.2) is 19.1 Å². The van der Waals surface area contributed by atoms with Crippen LogP contribution in [0.2, 0.25) is 77.1 Å². The molecule has 0 spiro atoms. The maximum absolute atomic E-state index is 14.6. The van der Waals surface area contributed by atoms with Crippen LogP contribution in [0.15, 0.2) is 49.2 Å². The van der Waals surface area contributed by atoms with Gasteiger partial charge in [0.25, 0.3) is 5.91 Å². The van der Waals surface area contributed by atoms with Crippen molar-refractivity contribution in [3.05, 3.63) is 55.0 Å². The van der Waals surface area contributed by atoms with E-state index in [1.165, 1.54) is 0 Å². The number of hydrogen-bond donors (Lipinski definition) is 1. The number of piperidine rings is 1. The van der Waals surface area contributed by atoms with Crippen LogP contribution in [0.3, 0.4) is 0 Å². The van der Waals surface area contributed by atoms with Gasteiger partial charge in [0.15, 0.2) is 0 Å². The van der Waals surface area contributed by atoms with Gasteiger partial charge in [0.2, 0.25) is 5.82 Å². The number of hydrogen-bond acceptors (Lipinski definition) is 10. The Labute approximate surface area is 378 Å². The van der Waals surface area contributed by atoms with E-state index in [0.717, 1.165) is 53.4 Å². The fourth-order valence-electron chi connectivity index (χ4n) is 6.85. The molecule has 1 saturated heterocycles. The van der Waals surface area contributed by atoms with Gasteiger partial charge < -0.3 is 38.6 Å². The SMILES string of the molecule is CN(C(=O)OC(C)(C)C)C1CCN(c2ccc(-c3cnn(COCC[Si](C)(C)C)c3)cc2NC(=O)c2nc(-c3cnn(COCC[Si](C)(C)C)c3)cn2COCC[Si](C)(C)C)CC1. The zero-order valence-electron chi connectivity index (χ0n) is 40.4. The minimum Gasteiger partial charge on any atom is -0.444 e. The number of nitrogens with zero attached hydrogens (tertiary/aromatic N) is 8. The lowest BCUT2D eigenvalue weighted by atomic mass is 10.0. The third-order valence-electron chi connectivity index (χ3n) is 10.8. The lowest BCUT2D eigenvalue weighted by Crippen LogP contribution is -2.47. The number of nitrogens with one attached hydrogen (secondary N) is 1. The maximum Gasteiger partial charge on any atom is 0.410 e. The molecule has 0 saturated carbocycles. The Morgan fingerprint density at radius 3 is 1.81 bits per heavy atom.